The Morgan fingerprint density at radius 2 is 1.83 bits per heavy atom. The van der Waals surface area contributed by atoms with Crippen LogP contribution in [0.3, 0.4) is 0 Å². The Hall–Kier alpha value is -3.09. The molecule has 36 heavy (non-hydrogen) atoms. The van der Waals surface area contributed by atoms with E-state index in [-0.39, 0.29) is 17.8 Å². The Kier molecular flexibility index (Phi) is 6.66. The largest absolute Gasteiger partial charge is 0.433 e. The topological polar surface area (TPSA) is 120 Å². The quantitative estimate of drug-likeness (QED) is 0.250. The molecule has 0 aliphatic heterocycles. The smallest absolute Gasteiger partial charge is 0.368 e. The van der Waals surface area contributed by atoms with Gasteiger partial charge in [0.25, 0.3) is 0 Å². The zero-order chi connectivity index (χ0) is 25.4. The Morgan fingerprint density at radius 1 is 1.08 bits per heavy atom. The number of nitrogens with zero attached hydrogens (tertiary/aromatic N) is 4. The summed E-state index contributed by atoms with van der Waals surface area (Å²) < 4.78 is 39.2. The van der Waals surface area contributed by atoms with Gasteiger partial charge < -0.3 is 15.5 Å². The zero-order valence-corrected chi connectivity index (χ0v) is 20.1. The molecule has 12 heteroatoms. The Balaban J connectivity index is 1.40. The molecule has 0 unspecified atom stereocenters. The normalized spacial score (nSPS) is 19.6. The maximum Gasteiger partial charge on any atom is 0.433 e. The highest BCUT2D eigenvalue weighted by atomic mass is 32.1. The third-order valence-electron chi connectivity index (χ3n) is 6.87. The molecule has 1 aliphatic carbocycles. The lowest BCUT2D eigenvalue weighted by Gasteiger charge is -2.32. The highest BCUT2D eigenvalue weighted by Crippen LogP contribution is 2.42. The fourth-order valence-electron chi connectivity index (χ4n) is 4.80. The van der Waals surface area contributed by atoms with E-state index in [0.717, 1.165) is 64.3 Å². The molecular weight excluding hydrogens is 493 g/mol. The van der Waals surface area contributed by atoms with E-state index in [1.54, 1.807) is 29.8 Å². The summed E-state index contributed by atoms with van der Waals surface area (Å²) in [4.78, 5) is 13.1. The molecule has 4 aromatic rings. The molecule has 1 fully saturated rings. The van der Waals surface area contributed by atoms with E-state index < -0.39 is 18.2 Å². The van der Waals surface area contributed by atoms with Crippen molar-refractivity contribution in [2.24, 2.45) is 11.8 Å². The van der Waals surface area contributed by atoms with Crippen LogP contribution in [0.5, 0.6) is 0 Å². The molecule has 0 amide bonds. The lowest BCUT2D eigenvalue weighted by atomic mass is 9.76. The number of alkyl halides is 3. The second kappa shape index (κ2) is 9.75. The molecule has 3 heterocycles. The van der Waals surface area contributed by atoms with E-state index in [0.29, 0.717) is 11.6 Å². The second-order valence-electron chi connectivity index (χ2n) is 9.19. The van der Waals surface area contributed by atoms with E-state index in [1.165, 1.54) is 0 Å². The summed E-state index contributed by atoms with van der Waals surface area (Å²) in [7, 11) is 0. The van der Waals surface area contributed by atoms with Gasteiger partial charge in [-0.05, 0) is 49.8 Å². The average Bonchev–Trinajstić information content (AvgIpc) is 3.53. The van der Waals surface area contributed by atoms with Crippen molar-refractivity contribution in [1.29, 1.82) is 0 Å². The zero-order valence-electron chi connectivity index (χ0n) is 19.3. The highest BCUT2D eigenvalue weighted by Gasteiger charge is 2.33. The molecule has 1 aromatic carbocycles. The van der Waals surface area contributed by atoms with Gasteiger partial charge in [-0.2, -0.15) is 18.3 Å². The average molecular weight is 519 g/mol. The molecule has 8 nitrogen and oxygen atoms in total. The van der Waals surface area contributed by atoms with Crippen molar-refractivity contribution in [3.8, 4) is 10.4 Å². The number of aliphatic hydroxyl groups excluding tert-OH is 1. The summed E-state index contributed by atoms with van der Waals surface area (Å²) >= 11 is 1.57. The Labute approximate surface area is 208 Å². The maximum atomic E-state index is 13.1. The number of thiazole rings is 1. The van der Waals surface area contributed by atoms with Crippen molar-refractivity contribution in [2.75, 3.05) is 5.32 Å². The van der Waals surface area contributed by atoms with Crippen molar-refractivity contribution < 1.29 is 23.4 Å². The molecule has 5 rings (SSSR count). The van der Waals surface area contributed by atoms with Gasteiger partial charge in [-0.1, -0.05) is 6.92 Å². The first-order valence-corrected chi connectivity index (χ1v) is 12.5. The summed E-state index contributed by atoms with van der Waals surface area (Å²) in [6.07, 6.45) is 2.10. The number of aromatic amines is 1. The van der Waals surface area contributed by atoms with E-state index in [4.69, 9.17) is 0 Å². The van der Waals surface area contributed by atoms with Gasteiger partial charge in [0.15, 0.2) is 6.29 Å². The monoisotopic (exact) mass is 518 g/mol. The molecule has 0 bridgehead atoms. The Bertz CT molecular complexity index is 1350. The van der Waals surface area contributed by atoms with Crippen molar-refractivity contribution in [3.63, 3.8) is 0 Å². The van der Waals surface area contributed by atoms with Crippen LogP contribution < -0.4 is 5.32 Å². The number of aromatic nitrogens is 5. The lowest BCUT2D eigenvalue weighted by Crippen LogP contribution is -2.27. The number of rotatable bonds is 6. The van der Waals surface area contributed by atoms with E-state index in [2.05, 4.69) is 37.4 Å². The van der Waals surface area contributed by atoms with Crippen LogP contribution in [0, 0.1) is 11.8 Å². The number of aliphatic hydroxyl groups is 2. The molecule has 0 radical (unpaired) electrons. The van der Waals surface area contributed by atoms with Crippen molar-refractivity contribution >= 4 is 33.9 Å². The first-order valence-electron chi connectivity index (χ1n) is 11.7. The minimum Gasteiger partial charge on any atom is -0.368 e. The summed E-state index contributed by atoms with van der Waals surface area (Å²) in [5, 5.41) is 30.7. The van der Waals surface area contributed by atoms with Gasteiger partial charge in [-0.15, -0.1) is 11.3 Å². The van der Waals surface area contributed by atoms with Gasteiger partial charge in [0.1, 0.15) is 5.69 Å². The van der Waals surface area contributed by atoms with Gasteiger partial charge in [-0.25, -0.2) is 15.0 Å². The number of halogens is 3. The van der Waals surface area contributed by atoms with E-state index in [9.17, 15) is 23.4 Å². The first kappa shape index (κ1) is 24.6. The van der Waals surface area contributed by atoms with Crippen LogP contribution in [-0.4, -0.2) is 41.7 Å². The minimum atomic E-state index is -4.56. The Morgan fingerprint density at radius 3 is 2.56 bits per heavy atom. The number of fused-ring (bicyclic) bond motifs is 1. The first-order chi connectivity index (χ1) is 17.2. The van der Waals surface area contributed by atoms with Crippen LogP contribution in [0.25, 0.3) is 21.3 Å². The summed E-state index contributed by atoms with van der Waals surface area (Å²) in [5.41, 5.74) is 1.13. The third-order valence-corrected chi connectivity index (χ3v) is 8.11. The van der Waals surface area contributed by atoms with Gasteiger partial charge in [0.05, 0.1) is 21.6 Å². The number of anilines is 2. The highest BCUT2D eigenvalue weighted by molar-refractivity contribution is 7.15. The molecule has 1 atom stereocenters. The van der Waals surface area contributed by atoms with Crippen LogP contribution in [0.1, 0.15) is 49.2 Å². The second-order valence-corrected chi connectivity index (χ2v) is 10.2. The number of benzene rings is 1. The summed E-state index contributed by atoms with van der Waals surface area (Å²) in [5.74, 6) is 0.417. The number of hydrogen-bond donors (Lipinski definition) is 4. The summed E-state index contributed by atoms with van der Waals surface area (Å²) in [6, 6.07) is 4.42. The van der Waals surface area contributed by atoms with Crippen LogP contribution in [-0.2, 0) is 6.18 Å². The van der Waals surface area contributed by atoms with Crippen LogP contribution in [0.15, 0.2) is 36.8 Å². The fourth-order valence-corrected chi connectivity index (χ4v) is 5.88. The van der Waals surface area contributed by atoms with Crippen molar-refractivity contribution in [3.05, 3.63) is 47.5 Å². The predicted molar refractivity (Wildman–Crippen MR) is 130 cm³/mol. The van der Waals surface area contributed by atoms with Gasteiger partial charge in [0.2, 0.25) is 5.95 Å². The minimum absolute atomic E-state index is 0.0648. The molecule has 190 valence electrons. The molecule has 1 saturated carbocycles. The lowest BCUT2D eigenvalue weighted by molar-refractivity contribution is -0.141. The van der Waals surface area contributed by atoms with Crippen LogP contribution in [0.2, 0.25) is 0 Å². The maximum absolute atomic E-state index is 13.1. The SMILES string of the molecule is C[C@H](c1ncc(-c2cc(Nc3nccc(C(F)(F)F)n3)cc3cn[nH]c23)s1)C1CCC(C(O)O)CC1. The van der Waals surface area contributed by atoms with Gasteiger partial charge in [0, 0.05) is 40.9 Å². The molecule has 3 aromatic heterocycles. The van der Waals surface area contributed by atoms with Gasteiger partial charge in [-0.3, -0.25) is 5.10 Å². The van der Waals surface area contributed by atoms with E-state index >= 15 is 0 Å². The van der Waals surface area contributed by atoms with Gasteiger partial charge >= 0.3 is 6.18 Å². The standard InChI is InChI=1S/C24H25F3N6O2S/c1-12(13-2-4-14(5-3-13)22(34)35)21-29-11-18(36-21)17-9-16(8-15-10-30-33-20(15)17)31-23-28-7-6-19(32-23)24(25,26)27/h6-14,22,34-35H,2-5H2,1H3,(H,30,33)(H,28,31,32)/t12-,13?,14?/m0/s1. The van der Waals surface area contributed by atoms with Crippen molar-refractivity contribution in [1.82, 2.24) is 25.1 Å². The molecule has 4 N–H and O–H groups in total. The number of nitrogens with one attached hydrogen (secondary N) is 2. The number of H-pyrrole nitrogens is 1. The molecular formula is C24H25F3N6O2S. The number of hydrogen-bond acceptors (Lipinski definition) is 8. The molecule has 0 saturated heterocycles. The van der Waals surface area contributed by atoms with Crippen LogP contribution in [0.4, 0.5) is 24.8 Å². The fraction of sp³-hybridized carbons (Fsp3) is 0.417. The summed E-state index contributed by atoms with van der Waals surface area (Å²) in [6.45, 7) is 2.15. The molecule has 1 aliphatic rings. The van der Waals surface area contributed by atoms with Crippen molar-refractivity contribution in [2.45, 2.75) is 51.0 Å². The predicted octanol–water partition coefficient (Wildman–Crippen LogP) is 5.46. The molecule has 0 spiro atoms. The third kappa shape index (κ3) is 5.06. The van der Waals surface area contributed by atoms with E-state index in [1.807, 2.05) is 6.07 Å². The van der Waals surface area contributed by atoms with Crippen LogP contribution >= 0.6 is 11.3 Å².